The smallest absolute Gasteiger partial charge is 0.0302 e. The summed E-state index contributed by atoms with van der Waals surface area (Å²) in [4.78, 5) is 3.91. The zero-order valence-electron chi connectivity index (χ0n) is 10.1. The highest BCUT2D eigenvalue weighted by atomic mass is 35.5. The van der Waals surface area contributed by atoms with Crippen LogP contribution in [0.5, 0.6) is 0 Å². The Bertz CT molecular complexity index is 305. The molecule has 1 aliphatic heterocycles. The Hall–Kier alpha value is -0.350. The van der Waals surface area contributed by atoms with E-state index < -0.39 is 0 Å². The molecule has 96 valence electrons. The van der Waals surface area contributed by atoms with Crippen molar-refractivity contribution < 1.29 is 0 Å². The summed E-state index contributed by atoms with van der Waals surface area (Å²) in [6, 6.07) is 5.02. The van der Waals surface area contributed by atoms with E-state index in [4.69, 9.17) is 0 Å². The van der Waals surface area contributed by atoms with E-state index in [0.29, 0.717) is 6.04 Å². The van der Waals surface area contributed by atoms with Gasteiger partial charge in [0, 0.05) is 24.0 Å². The standard InChI is InChI=1S/C13H20N2S.ClH/c1-2-7-15-8-5-12(6-9-15)14-11-13-4-3-10-16-13;/h2-4,10,12,14H,1,5-9,11H2;1H. The second kappa shape index (κ2) is 7.88. The Morgan fingerprint density at radius 1 is 1.47 bits per heavy atom. The Morgan fingerprint density at radius 2 is 2.24 bits per heavy atom. The van der Waals surface area contributed by atoms with E-state index in [1.165, 1.54) is 30.8 Å². The topological polar surface area (TPSA) is 15.3 Å². The average Bonchev–Trinajstić information content (AvgIpc) is 2.82. The van der Waals surface area contributed by atoms with E-state index in [-0.39, 0.29) is 12.4 Å². The minimum absolute atomic E-state index is 0. The summed E-state index contributed by atoms with van der Waals surface area (Å²) in [5.74, 6) is 0. The summed E-state index contributed by atoms with van der Waals surface area (Å²) in [6.45, 7) is 8.26. The summed E-state index contributed by atoms with van der Waals surface area (Å²) in [6.07, 6.45) is 4.53. The van der Waals surface area contributed by atoms with Crippen LogP contribution >= 0.6 is 23.7 Å². The van der Waals surface area contributed by atoms with E-state index in [1.54, 1.807) is 0 Å². The summed E-state index contributed by atoms with van der Waals surface area (Å²) >= 11 is 1.83. The summed E-state index contributed by atoms with van der Waals surface area (Å²) in [5.41, 5.74) is 0. The number of thiophene rings is 1. The maximum Gasteiger partial charge on any atom is 0.0302 e. The van der Waals surface area contributed by atoms with Crippen LogP contribution in [0.2, 0.25) is 0 Å². The number of nitrogens with zero attached hydrogens (tertiary/aromatic N) is 1. The van der Waals surface area contributed by atoms with Crippen LogP contribution < -0.4 is 5.32 Å². The minimum Gasteiger partial charge on any atom is -0.309 e. The molecule has 1 fully saturated rings. The minimum atomic E-state index is 0. The Morgan fingerprint density at radius 3 is 2.82 bits per heavy atom. The van der Waals surface area contributed by atoms with Crippen molar-refractivity contribution in [2.24, 2.45) is 0 Å². The molecule has 0 aromatic carbocycles. The van der Waals surface area contributed by atoms with Gasteiger partial charge in [-0.2, -0.15) is 0 Å². The maximum absolute atomic E-state index is 3.79. The fourth-order valence-electron chi connectivity index (χ4n) is 2.16. The second-order valence-electron chi connectivity index (χ2n) is 4.32. The van der Waals surface area contributed by atoms with Gasteiger partial charge in [-0.1, -0.05) is 12.1 Å². The van der Waals surface area contributed by atoms with Gasteiger partial charge in [0.2, 0.25) is 0 Å². The van der Waals surface area contributed by atoms with E-state index >= 15 is 0 Å². The second-order valence-corrected chi connectivity index (χ2v) is 5.36. The molecule has 2 rings (SSSR count). The lowest BCUT2D eigenvalue weighted by atomic mass is 10.1. The fourth-order valence-corrected chi connectivity index (χ4v) is 2.82. The van der Waals surface area contributed by atoms with Crippen LogP contribution in [-0.4, -0.2) is 30.6 Å². The van der Waals surface area contributed by atoms with Crippen LogP contribution in [0.3, 0.4) is 0 Å². The van der Waals surface area contributed by atoms with Gasteiger partial charge in [0.1, 0.15) is 0 Å². The van der Waals surface area contributed by atoms with Gasteiger partial charge in [0.05, 0.1) is 0 Å². The third-order valence-electron chi connectivity index (χ3n) is 3.12. The molecule has 0 bridgehead atoms. The van der Waals surface area contributed by atoms with Crippen LogP contribution in [0, 0.1) is 0 Å². The molecule has 0 saturated carbocycles. The van der Waals surface area contributed by atoms with Crippen molar-refractivity contribution in [1.29, 1.82) is 0 Å². The molecule has 1 aromatic heterocycles. The third kappa shape index (κ3) is 4.80. The van der Waals surface area contributed by atoms with Crippen LogP contribution in [-0.2, 0) is 6.54 Å². The molecule has 0 spiro atoms. The average molecular weight is 273 g/mol. The van der Waals surface area contributed by atoms with Crippen LogP contribution in [0.1, 0.15) is 17.7 Å². The van der Waals surface area contributed by atoms with Crippen molar-refractivity contribution in [2.75, 3.05) is 19.6 Å². The van der Waals surface area contributed by atoms with E-state index in [0.717, 1.165) is 13.1 Å². The molecule has 0 atom stereocenters. The van der Waals surface area contributed by atoms with Gasteiger partial charge in [0.25, 0.3) is 0 Å². The molecule has 2 nitrogen and oxygen atoms in total. The predicted octanol–water partition coefficient (Wildman–Crippen LogP) is 2.91. The van der Waals surface area contributed by atoms with Gasteiger partial charge < -0.3 is 5.32 Å². The number of likely N-dealkylation sites (tertiary alicyclic amines) is 1. The van der Waals surface area contributed by atoms with E-state index in [1.807, 2.05) is 17.4 Å². The van der Waals surface area contributed by atoms with Gasteiger partial charge in [-0.25, -0.2) is 0 Å². The molecular weight excluding hydrogens is 252 g/mol. The van der Waals surface area contributed by atoms with Gasteiger partial charge in [-0.15, -0.1) is 30.3 Å². The number of rotatable bonds is 5. The van der Waals surface area contributed by atoms with Crippen molar-refractivity contribution in [3.63, 3.8) is 0 Å². The Balaban J connectivity index is 0.00000144. The number of halogens is 1. The van der Waals surface area contributed by atoms with Gasteiger partial charge in [-0.3, -0.25) is 4.90 Å². The Kier molecular flexibility index (Phi) is 6.82. The predicted molar refractivity (Wildman–Crippen MR) is 78.1 cm³/mol. The van der Waals surface area contributed by atoms with E-state index in [9.17, 15) is 0 Å². The number of piperidine rings is 1. The quantitative estimate of drug-likeness (QED) is 0.830. The van der Waals surface area contributed by atoms with Crippen molar-refractivity contribution in [3.8, 4) is 0 Å². The highest BCUT2D eigenvalue weighted by Gasteiger charge is 2.17. The first-order valence-electron chi connectivity index (χ1n) is 5.97. The molecule has 1 aliphatic rings. The van der Waals surface area contributed by atoms with Crippen LogP contribution in [0.15, 0.2) is 30.2 Å². The zero-order chi connectivity index (χ0) is 11.2. The number of hydrogen-bond acceptors (Lipinski definition) is 3. The van der Waals surface area contributed by atoms with E-state index in [2.05, 4.69) is 34.3 Å². The first-order valence-corrected chi connectivity index (χ1v) is 6.85. The lowest BCUT2D eigenvalue weighted by molar-refractivity contribution is 0.215. The molecule has 1 saturated heterocycles. The molecule has 2 heterocycles. The Labute approximate surface area is 114 Å². The number of hydrogen-bond donors (Lipinski definition) is 1. The molecule has 17 heavy (non-hydrogen) atoms. The molecule has 0 aliphatic carbocycles. The highest BCUT2D eigenvalue weighted by Crippen LogP contribution is 2.13. The monoisotopic (exact) mass is 272 g/mol. The van der Waals surface area contributed by atoms with Crippen molar-refractivity contribution in [2.45, 2.75) is 25.4 Å². The molecular formula is C13H21ClN2S. The molecule has 0 amide bonds. The van der Waals surface area contributed by atoms with Gasteiger partial charge in [0.15, 0.2) is 0 Å². The summed E-state index contributed by atoms with van der Waals surface area (Å²) in [5, 5.41) is 5.79. The number of nitrogens with one attached hydrogen (secondary N) is 1. The highest BCUT2D eigenvalue weighted by molar-refractivity contribution is 7.09. The first kappa shape index (κ1) is 14.7. The maximum atomic E-state index is 3.79. The molecule has 0 unspecified atom stereocenters. The van der Waals surface area contributed by atoms with Crippen LogP contribution in [0.25, 0.3) is 0 Å². The largest absolute Gasteiger partial charge is 0.309 e. The van der Waals surface area contributed by atoms with Crippen molar-refractivity contribution in [3.05, 3.63) is 35.0 Å². The van der Waals surface area contributed by atoms with Gasteiger partial charge >= 0.3 is 0 Å². The normalized spacial score (nSPS) is 17.6. The zero-order valence-corrected chi connectivity index (χ0v) is 11.7. The molecule has 4 heteroatoms. The first-order chi connectivity index (χ1) is 7.88. The molecule has 0 radical (unpaired) electrons. The fraction of sp³-hybridized carbons (Fsp3) is 0.538. The molecule has 1 aromatic rings. The third-order valence-corrected chi connectivity index (χ3v) is 4.00. The van der Waals surface area contributed by atoms with Crippen molar-refractivity contribution >= 4 is 23.7 Å². The lowest BCUT2D eigenvalue weighted by Gasteiger charge is -2.31. The van der Waals surface area contributed by atoms with Crippen molar-refractivity contribution in [1.82, 2.24) is 10.2 Å². The SMILES string of the molecule is C=CCN1CCC(NCc2cccs2)CC1.Cl. The summed E-state index contributed by atoms with van der Waals surface area (Å²) < 4.78 is 0. The molecule has 1 N–H and O–H groups in total. The van der Waals surface area contributed by atoms with Crippen LogP contribution in [0.4, 0.5) is 0 Å². The lowest BCUT2D eigenvalue weighted by Crippen LogP contribution is -2.42. The summed E-state index contributed by atoms with van der Waals surface area (Å²) in [7, 11) is 0. The van der Waals surface area contributed by atoms with Gasteiger partial charge in [-0.05, 0) is 37.4 Å².